The number of rotatable bonds is 2. The highest BCUT2D eigenvalue weighted by Crippen LogP contribution is 2.40. The maximum Gasteiger partial charge on any atom is 0.248 e. The lowest BCUT2D eigenvalue weighted by atomic mass is 9.98. The van der Waals surface area contributed by atoms with Crippen LogP contribution in [0.5, 0.6) is 0 Å². The number of hydrogen-bond donors (Lipinski definition) is 1. The molecule has 94 valence electrons. The molecule has 1 aliphatic heterocycles. The largest absolute Gasteiger partial charge is 0.365 e. The molecule has 1 atom stereocenters. The van der Waals surface area contributed by atoms with Crippen LogP contribution in [0, 0.1) is 5.92 Å². The van der Waals surface area contributed by atoms with E-state index in [-0.39, 0.29) is 11.8 Å². The van der Waals surface area contributed by atoms with Crippen molar-refractivity contribution in [2.24, 2.45) is 11.0 Å². The molecule has 0 aromatic carbocycles. The molecule has 1 aromatic rings. The van der Waals surface area contributed by atoms with Crippen LogP contribution in [-0.2, 0) is 10.5 Å². The van der Waals surface area contributed by atoms with Crippen molar-refractivity contribution in [3.8, 4) is 0 Å². The molecular formula is C13H15N3O2. The average molecular weight is 245 g/mol. The highest BCUT2D eigenvalue weighted by molar-refractivity contribution is 5.90. The molecule has 3 rings (SSSR count). The molecule has 1 amide bonds. The molecule has 0 unspecified atom stereocenters. The smallest absolute Gasteiger partial charge is 0.248 e. The van der Waals surface area contributed by atoms with Crippen molar-refractivity contribution in [2.75, 3.05) is 0 Å². The van der Waals surface area contributed by atoms with Gasteiger partial charge in [-0.15, -0.1) is 0 Å². The molecule has 1 aromatic heterocycles. The predicted molar refractivity (Wildman–Crippen MR) is 65.4 cm³/mol. The van der Waals surface area contributed by atoms with Gasteiger partial charge in [-0.3, -0.25) is 9.78 Å². The summed E-state index contributed by atoms with van der Waals surface area (Å²) in [5.41, 5.74) is 0.0857. The molecular weight excluding hydrogens is 230 g/mol. The zero-order valence-corrected chi connectivity index (χ0v) is 10.2. The molecule has 0 bridgehead atoms. The third-order valence-electron chi connectivity index (χ3n) is 3.40. The van der Waals surface area contributed by atoms with Crippen LogP contribution in [0.4, 0.5) is 0 Å². The molecule has 0 spiro atoms. The summed E-state index contributed by atoms with van der Waals surface area (Å²) in [6.45, 7) is 1.83. The van der Waals surface area contributed by atoms with Crippen LogP contribution in [0.25, 0.3) is 0 Å². The van der Waals surface area contributed by atoms with Crippen molar-refractivity contribution in [1.82, 2.24) is 9.99 Å². The van der Waals surface area contributed by atoms with E-state index in [1.807, 2.05) is 6.92 Å². The molecule has 1 aliphatic carbocycles. The summed E-state index contributed by atoms with van der Waals surface area (Å²) in [7, 11) is 0. The minimum atomic E-state index is -1.34. The SMILES string of the molecule is CC1=NN(C(=O)C2CC2)[C@](O)(c2ccncc2)C1. The number of aromatic nitrogens is 1. The number of nitrogens with zero attached hydrogens (tertiary/aromatic N) is 3. The quantitative estimate of drug-likeness (QED) is 0.852. The summed E-state index contributed by atoms with van der Waals surface area (Å²) >= 11 is 0. The third-order valence-corrected chi connectivity index (χ3v) is 3.40. The van der Waals surface area contributed by atoms with Crippen molar-refractivity contribution in [3.05, 3.63) is 30.1 Å². The Kier molecular flexibility index (Phi) is 2.45. The maximum atomic E-state index is 12.2. The van der Waals surface area contributed by atoms with Crippen LogP contribution in [0.15, 0.2) is 29.6 Å². The summed E-state index contributed by atoms with van der Waals surface area (Å²) in [6.07, 6.45) is 5.38. The number of aliphatic hydroxyl groups is 1. The van der Waals surface area contributed by atoms with Gasteiger partial charge >= 0.3 is 0 Å². The lowest BCUT2D eigenvalue weighted by Crippen LogP contribution is -2.44. The van der Waals surface area contributed by atoms with Crippen LogP contribution in [0.1, 0.15) is 31.7 Å². The van der Waals surface area contributed by atoms with E-state index < -0.39 is 5.72 Å². The van der Waals surface area contributed by atoms with E-state index in [0.29, 0.717) is 12.0 Å². The Bertz CT molecular complexity index is 510. The van der Waals surface area contributed by atoms with Gasteiger partial charge in [-0.25, -0.2) is 0 Å². The van der Waals surface area contributed by atoms with Gasteiger partial charge in [-0.1, -0.05) is 0 Å². The predicted octanol–water partition coefficient (Wildman–Crippen LogP) is 1.24. The Labute approximate surface area is 105 Å². The zero-order chi connectivity index (χ0) is 12.8. The van der Waals surface area contributed by atoms with Crippen molar-refractivity contribution >= 4 is 11.6 Å². The molecule has 1 fully saturated rings. The van der Waals surface area contributed by atoms with Gasteiger partial charge in [0, 0.05) is 36.0 Å². The number of pyridine rings is 1. The average Bonchev–Trinajstić information content (AvgIpc) is 3.16. The standard InChI is InChI=1S/C13H15N3O2/c1-9-8-13(18,11-4-6-14-7-5-11)16(15-9)12(17)10-2-3-10/h4-7,10,18H,2-3,8H2,1H3/t13-/m1/s1. The fourth-order valence-corrected chi connectivity index (χ4v) is 2.30. The lowest BCUT2D eigenvalue weighted by Gasteiger charge is -2.31. The number of carbonyl (C=O) groups is 1. The zero-order valence-electron chi connectivity index (χ0n) is 10.2. The molecule has 5 nitrogen and oxygen atoms in total. The van der Waals surface area contributed by atoms with E-state index in [1.165, 1.54) is 5.01 Å². The van der Waals surface area contributed by atoms with Gasteiger partial charge in [-0.05, 0) is 31.9 Å². The second-order valence-corrected chi connectivity index (χ2v) is 4.99. The Morgan fingerprint density at radius 1 is 1.44 bits per heavy atom. The highest BCUT2D eigenvalue weighted by atomic mass is 16.3. The van der Waals surface area contributed by atoms with Crippen LogP contribution < -0.4 is 0 Å². The molecule has 18 heavy (non-hydrogen) atoms. The van der Waals surface area contributed by atoms with E-state index in [2.05, 4.69) is 10.1 Å². The van der Waals surface area contributed by atoms with Gasteiger partial charge in [0.1, 0.15) is 0 Å². The van der Waals surface area contributed by atoms with E-state index >= 15 is 0 Å². The first-order valence-corrected chi connectivity index (χ1v) is 6.12. The van der Waals surface area contributed by atoms with E-state index in [4.69, 9.17) is 0 Å². The molecule has 2 aliphatic rings. The number of hydrogen-bond acceptors (Lipinski definition) is 4. The fourth-order valence-electron chi connectivity index (χ4n) is 2.30. The Hall–Kier alpha value is -1.75. The molecule has 1 N–H and O–H groups in total. The van der Waals surface area contributed by atoms with Crippen molar-refractivity contribution in [2.45, 2.75) is 31.9 Å². The molecule has 1 saturated carbocycles. The highest BCUT2D eigenvalue weighted by Gasteiger charge is 2.48. The first-order valence-electron chi connectivity index (χ1n) is 6.12. The Morgan fingerprint density at radius 3 is 2.72 bits per heavy atom. The Balaban J connectivity index is 1.97. The van der Waals surface area contributed by atoms with Crippen molar-refractivity contribution < 1.29 is 9.90 Å². The van der Waals surface area contributed by atoms with Crippen molar-refractivity contribution in [1.29, 1.82) is 0 Å². The summed E-state index contributed by atoms with van der Waals surface area (Å²) in [4.78, 5) is 16.1. The minimum Gasteiger partial charge on any atom is -0.365 e. The number of hydrazone groups is 1. The van der Waals surface area contributed by atoms with Crippen LogP contribution in [0.3, 0.4) is 0 Å². The van der Waals surface area contributed by atoms with Crippen molar-refractivity contribution in [3.63, 3.8) is 0 Å². The van der Waals surface area contributed by atoms with Crippen LogP contribution in [-0.4, -0.2) is 26.7 Å². The van der Waals surface area contributed by atoms with E-state index in [9.17, 15) is 9.90 Å². The summed E-state index contributed by atoms with van der Waals surface area (Å²) in [6, 6.07) is 3.45. The van der Waals surface area contributed by atoms with Gasteiger partial charge in [0.15, 0.2) is 5.72 Å². The first kappa shape index (κ1) is 11.3. The third kappa shape index (κ3) is 1.71. The fraction of sp³-hybridized carbons (Fsp3) is 0.462. The van der Waals surface area contributed by atoms with Gasteiger partial charge in [0.2, 0.25) is 5.91 Å². The van der Waals surface area contributed by atoms with Gasteiger partial charge in [0.25, 0.3) is 0 Å². The maximum absolute atomic E-state index is 12.2. The lowest BCUT2D eigenvalue weighted by molar-refractivity contribution is -0.159. The van der Waals surface area contributed by atoms with Gasteiger partial charge in [-0.2, -0.15) is 10.1 Å². The van der Waals surface area contributed by atoms with E-state index in [0.717, 1.165) is 18.6 Å². The summed E-state index contributed by atoms with van der Waals surface area (Å²) in [5, 5.41) is 16.3. The molecule has 0 saturated heterocycles. The topological polar surface area (TPSA) is 65.8 Å². The number of amides is 1. The van der Waals surface area contributed by atoms with E-state index in [1.54, 1.807) is 24.5 Å². The normalized spacial score (nSPS) is 27.2. The second kappa shape index (κ2) is 3.88. The monoisotopic (exact) mass is 245 g/mol. The summed E-state index contributed by atoms with van der Waals surface area (Å²) in [5.74, 6) is -0.0424. The molecule has 5 heteroatoms. The summed E-state index contributed by atoms with van der Waals surface area (Å²) < 4.78 is 0. The molecule has 0 radical (unpaired) electrons. The minimum absolute atomic E-state index is 0.0352. The van der Waals surface area contributed by atoms with Gasteiger partial charge in [0.05, 0.1) is 0 Å². The Morgan fingerprint density at radius 2 is 2.11 bits per heavy atom. The molecule has 2 heterocycles. The second-order valence-electron chi connectivity index (χ2n) is 4.99. The first-order chi connectivity index (χ1) is 8.61. The van der Waals surface area contributed by atoms with Gasteiger partial charge < -0.3 is 5.11 Å². The number of carbonyl (C=O) groups excluding carboxylic acids is 1. The van der Waals surface area contributed by atoms with Crippen LogP contribution in [0.2, 0.25) is 0 Å². The van der Waals surface area contributed by atoms with Crippen LogP contribution >= 0.6 is 0 Å².